The van der Waals surface area contributed by atoms with Gasteiger partial charge < -0.3 is 9.73 Å². The summed E-state index contributed by atoms with van der Waals surface area (Å²) in [5, 5.41) is 10.2. The molecule has 0 radical (unpaired) electrons. The van der Waals surface area contributed by atoms with Gasteiger partial charge in [-0.3, -0.25) is 18.9 Å². The summed E-state index contributed by atoms with van der Waals surface area (Å²) in [5.74, 6) is 0.641. The Morgan fingerprint density at radius 2 is 1.82 bits per heavy atom. The predicted molar refractivity (Wildman–Crippen MR) is 135 cm³/mol. The summed E-state index contributed by atoms with van der Waals surface area (Å²) in [4.78, 5) is 15.8. The molecule has 1 aliphatic heterocycles. The first-order valence-electron chi connectivity index (χ1n) is 11.5. The molecule has 4 heterocycles. The van der Waals surface area contributed by atoms with Gasteiger partial charge in [0.1, 0.15) is 11.3 Å². The third kappa shape index (κ3) is 3.92. The second-order valence-corrected chi connectivity index (χ2v) is 9.03. The number of aromatic nitrogens is 3. The molecule has 2 aromatic carbocycles. The Hall–Kier alpha value is -3.39. The van der Waals surface area contributed by atoms with Crippen LogP contribution >= 0.6 is 11.6 Å². The number of fused-ring (bicyclic) bond motifs is 2. The van der Waals surface area contributed by atoms with Crippen LogP contribution in [0.5, 0.6) is 0 Å². The van der Waals surface area contributed by atoms with E-state index in [1.165, 1.54) is 0 Å². The Morgan fingerprint density at radius 1 is 1.00 bits per heavy atom. The monoisotopic (exact) mass is 473 g/mol. The standard InChI is InChI=1S/C26H24ClN5O2/c27-20-3-1-18(2-4-20)25-16-22-24(34-25)7-10-31(26(22)33)21-5-6-23-19(15-21)17-29-32(23)14-13-30-11-8-28-9-12-30/h1-7,10,15-17,28H,8-9,11-14H2. The molecule has 0 bridgehead atoms. The molecular formula is C26H24ClN5O2. The van der Waals surface area contributed by atoms with E-state index in [4.69, 9.17) is 16.0 Å². The van der Waals surface area contributed by atoms with Crippen LogP contribution in [-0.2, 0) is 6.54 Å². The highest BCUT2D eigenvalue weighted by Gasteiger charge is 2.14. The first-order valence-corrected chi connectivity index (χ1v) is 11.8. The first kappa shape index (κ1) is 21.2. The van der Waals surface area contributed by atoms with Crippen molar-refractivity contribution >= 4 is 33.5 Å². The molecule has 7 nitrogen and oxygen atoms in total. The number of piperazine rings is 1. The molecule has 1 aliphatic rings. The van der Waals surface area contributed by atoms with Crippen LogP contribution in [0.4, 0.5) is 0 Å². The molecule has 0 spiro atoms. The normalized spacial score (nSPS) is 14.9. The van der Waals surface area contributed by atoms with Gasteiger partial charge in [0, 0.05) is 60.6 Å². The van der Waals surface area contributed by atoms with Crippen LogP contribution in [-0.4, -0.2) is 52.0 Å². The van der Waals surface area contributed by atoms with Crippen molar-refractivity contribution in [3.05, 3.63) is 82.4 Å². The molecule has 0 unspecified atom stereocenters. The number of halogens is 1. The molecule has 1 saturated heterocycles. The Morgan fingerprint density at radius 3 is 2.65 bits per heavy atom. The van der Waals surface area contributed by atoms with Gasteiger partial charge in [-0.05, 0) is 54.6 Å². The quantitative estimate of drug-likeness (QED) is 0.415. The second-order valence-electron chi connectivity index (χ2n) is 8.59. The number of hydrogen-bond acceptors (Lipinski definition) is 5. The summed E-state index contributed by atoms with van der Waals surface area (Å²) in [7, 11) is 0. The van der Waals surface area contributed by atoms with Gasteiger partial charge in [0.2, 0.25) is 0 Å². The van der Waals surface area contributed by atoms with Crippen molar-refractivity contribution in [2.75, 3.05) is 32.7 Å². The molecule has 3 aromatic heterocycles. The minimum Gasteiger partial charge on any atom is -0.456 e. The van der Waals surface area contributed by atoms with Crippen molar-refractivity contribution in [2.45, 2.75) is 6.54 Å². The lowest BCUT2D eigenvalue weighted by Crippen LogP contribution is -2.44. The fraction of sp³-hybridized carbons (Fsp3) is 0.231. The first-order chi connectivity index (χ1) is 16.7. The van der Waals surface area contributed by atoms with Gasteiger partial charge in [-0.1, -0.05) is 11.6 Å². The third-order valence-electron chi connectivity index (χ3n) is 6.45. The van der Waals surface area contributed by atoms with Crippen molar-refractivity contribution < 1.29 is 4.42 Å². The minimum absolute atomic E-state index is 0.119. The second kappa shape index (κ2) is 8.76. The lowest BCUT2D eigenvalue weighted by molar-refractivity contribution is 0.230. The van der Waals surface area contributed by atoms with Crippen molar-refractivity contribution in [1.29, 1.82) is 0 Å². The molecule has 172 valence electrons. The van der Waals surface area contributed by atoms with Crippen LogP contribution in [0, 0.1) is 0 Å². The number of hydrogen-bond donors (Lipinski definition) is 1. The number of benzene rings is 2. The fourth-order valence-electron chi connectivity index (χ4n) is 4.57. The van der Waals surface area contributed by atoms with Crippen LogP contribution < -0.4 is 10.9 Å². The highest BCUT2D eigenvalue weighted by Crippen LogP contribution is 2.27. The summed E-state index contributed by atoms with van der Waals surface area (Å²) in [6.45, 7) is 6.05. The topological polar surface area (TPSA) is 68.2 Å². The maximum atomic E-state index is 13.3. The Balaban J connectivity index is 1.30. The number of furan rings is 1. The zero-order valence-electron chi connectivity index (χ0n) is 18.6. The summed E-state index contributed by atoms with van der Waals surface area (Å²) >= 11 is 5.99. The van der Waals surface area contributed by atoms with Crippen molar-refractivity contribution in [3.8, 4) is 17.0 Å². The highest BCUT2D eigenvalue weighted by atomic mass is 35.5. The predicted octanol–water partition coefficient (Wildman–Crippen LogP) is 4.16. The summed E-state index contributed by atoms with van der Waals surface area (Å²) in [6.07, 6.45) is 3.63. The van der Waals surface area contributed by atoms with E-state index in [1.807, 2.05) is 59.4 Å². The maximum absolute atomic E-state index is 13.3. The lowest BCUT2D eigenvalue weighted by Gasteiger charge is -2.27. The van der Waals surface area contributed by atoms with E-state index in [2.05, 4.69) is 15.3 Å². The van der Waals surface area contributed by atoms with Gasteiger partial charge in [0.15, 0.2) is 0 Å². The van der Waals surface area contributed by atoms with E-state index < -0.39 is 0 Å². The molecule has 1 N–H and O–H groups in total. The van der Waals surface area contributed by atoms with Crippen LogP contribution in [0.1, 0.15) is 0 Å². The van der Waals surface area contributed by atoms with Crippen molar-refractivity contribution in [2.24, 2.45) is 0 Å². The summed E-state index contributed by atoms with van der Waals surface area (Å²) in [6, 6.07) is 17.0. The molecule has 34 heavy (non-hydrogen) atoms. The summed E-state index contributed by atoms with van der Waals surface area (Å²) < 4.78 is 9.64. The summed E-state index contributed by atoms with van der Waals surface area (Å²) in [5.41, 5.74) is 3.19. The van der Waals surface area contributed by atoms with Crippen LogP contribution in [0.2, 0.25) is 5.02 Å². The maximum Gasteiger partial charge on any atom is 0.266 e. The average molecular weight is 474 g/mol. The zero-order chi connectivity index (χ0) is 23.1. The molecule has 0 aliphatic carbocycles. The van der Waals surface area contributed by atoms with Crippen LogP contribution in [0.15, 0.2) is 76.2 Å². The average Bonchev–Trinajstić information content (AvgIpc) is 3.48. The number of rotatable bonds is 5. The van der Waals surface area contributed by atoms with Crippen molar-refractivity contribution in [1.82, 2.24) is 24.6 Å². The van der Waals surface area contributed by atoms with Gasteiger partial charge in [0.05, 0.1) is 23.6 Å². The highest BCUT2D eigenvalue weighted by molar-refractivity contribution is 6.30. The fourth-order valence-corrected chi connectivity index (χ4v) is 4.69. The molecule has 5 aromatic rings. The van der Waals surface area contributed by atoms with Gasteiger partial charge >= 0.3 is 0 Å². The minimum atomic E-state index is -0.119. The van der Waals surface area contributed by atoms with E-state index >= 15 is 0 Å². The molecule has 0 amide bonds. The van der Waals surface area contributed by atoms with Gasteiger partial charge in [-0.25, -0.2) is 0 Å². The van der Waals surface area contributed by atoms with Crippen LogP contribution in [0.25, 0.3) is 38.9 Å². The van der Waals surface area contributed by atoms with E-state index in [9.17, 15) is 4.79 Å². The van der Waals surface area contributed by atoms with Crippen molar-refractivity contribution in [3.63, 3.8) is 0 Å². The largest absolute Gasteiger partial charge is 0.456 e. The van der Waals surface area contributed by atoms with E-state index in [-0.39, 0.29) is 5.56 Å². The van der Waals surface area contributed by atoms with Gasteiger partial charge in [-0.15, -0.1) is 0 Å². The van der Waals surface area contributed by atoms with Crippen LogP contribution in [0.3, 0.4) is 0 Å². The molecule has 0 saturated carbocycles. The van der Waals surface area contributed by atoms with E-state index in [0.717, 1.165) is 61.4 Å². The van der Waals surface area contributed by atoms with E-state index in [0.29, 0.717) is 21.8 Å². The molecule has 1 fully saturated rings. The Bertz CT molecular complexity index is 1530. The smallest absolute Gasteiger partial charge is 0.266 e. The Labute approximate surface area is 201 Å². The zero-order valence-corrected chi connectivity index (χ0v) is 19.3. The molecule has 6 rings (SSSR count). The van der Waals surface area contributed by atoms with Gasteiger partial charge in [0.25, 0.3) is 5.56 Å². The molecule has 0 atom stereocenters. The lowest BCUT2D eigenvalue weighted by atomic mass is 10.1. The van der Waals surface area contributed by atoms with Gasteiger partial charge in [-0.2, -0.15) is 5.10 Å². The third-order valence-corrected chi connectivity index (χ3v) is 6.71. The SMILES string of the molecule is O=c1c2cc(-c3ccc(Cl)cc3)oc2ccn1-c1ccc2c(cnn2CCN2CCNCC2)c1. The molecule has 8 heteroatoms. The number of nitrogens with zero attached hydrogens (tertiary/aromatic N) is 4. The number of pyridine rings is 1. The molecular weight excluding hydrogens is 450 g/mol. The van der Waals surface area contributed by atoms with E-state index in [1.54, 1.807) is 16.8 Å². The Kier molecular flexibility index (Phi) is 5.45. The number of nitrogens with one attached hydrogen (secondary N) is 1.